The second kappa shape index (κ2) is 9.11. The van der Waals surface area contributed by atoms with Crippen molar-refractivity contribution in [2.75, 3.05) is 13.6 Å². The molecule has 0 fully saturated rings. The summed E-state index contributed by atoms with van der Waals surface area (Å²) in [6, 6.07) is 17.7. The number of hydrogen-bond donors (Lipinski definition) is 1. The van der Waals surface area contributed by atoms with Crippen LogP contribution in [0.5, 0.6) is 0 Å². The number of amides is 2. The lowest BCUT2D eigenvalue weighted by molar-refractivity contribution is -0.131. The fraction of sp³-hybridized carbons (Fsp3) is 0.375. The Hall–Kier alpha value is -3.15. The summed E-state index contributed by atoms with van der Waals surface area (Å²) in [4.78, 5) is 31.5. The van der Waals surface area contributed by atoms with Gasteiger partial charge in [0.25, 0.3) is 0 Å². The number of fused-ring (bicyclic) bond motifs is 1. The monoisotopic (exact) mass is 406 g/mol. The second-order valence-corrected chi connectivity index (χ2v) is 8.59. The molecule has 0 radical (unpaired) electrons. The van der Waals surface area contributed by atoms with E-state index in [0.717, 1.165) is 22.4 Å². The summed E-state index contributed by atoms with van der Waals surface area (Å²) in [6.45, 7) is 6.92. The molecule has 0 saturated carbocycles. The number of likely N-dealkylation sites (N-methyl/N-ethyl adjacent to an activating group) is 1. The number of nitrogens with zero attached hydrogens (tertiary/aromatic N) is 3. The second-order valence-electron chi connectivity index (χ2n) is 8.59. The normalized spacial score (nSPS) is 11.5. The van der Waals surface area contributed by atoms with Crippen LogP contribution in [0.1, 0.15) is 32.2 Å². The number of benzene rings is 2. The Morgan fingerprint density at radius 3 is 2.40 bits per heavy atom. The Labute approximate surface area is 177 Å². The van der Waals surface area contributed by atoms with Gasteiger partial charge in [0.15, 0.2) is 0 Å². The van der Waals surface area contributed by atoms with Gasteiger partial charge >= 0.3 is 0 Å². The van der Waals surface area contributed by atoms with Gasteiger partial charge in [0, 0.05) is 32.0 Å². The third-order valence-corrected chi connectivity index (χ3v) is 5.03. The molecule has 3 aromatic rings. The fourth-order valence-corrected chi connectivity index (χ4v) is 3.25. The van der Waals surface area contributed by atoms with E-state index in [1.54, 1.807) is 4.90 Å². The number of nitrogens with one attached hydrogen (secondary N) is 1. The number of rotatable bonds is 7. The van der Waals surface area contributed by atoms with Crippen molar-refractivity contribution in [2.45, 2.75) is 40.3 Å². The molecule has 2 amide bonds. The van der Waals surface area contributed by atoms with Crippen LogP contribution < -0.4 is 5.32 Å². The molecule has 30 heavy (non-hydrogen) atoms. The molecule has 6 heteroatoms. The number of hydrogen-bond acceptors (Lipinski definition) is 3. The van der Waals surface area contributed by atoms with Crippen molar-refractivity contribution in [1.82, 2.24) is 19.8 Å². The van der Waals surface area contributed by atoms with E-state index in [9.17, 15) is 9.59 Å². The molecule has 0 atom stereocenters. The standard InChI is InChI=1S/C24H30N4O2/c1-24(2,3)23(30)25-15-14-21-26-19-12-8-9-13-20(19)28(21)17-22(29)27(4)16-18-10-6-5-7-11-18/h5-13H,14-17H2,1-4H3,(H,25,30). The maximum atomic E-state index is 12.9. The molecule has 0 bridgehead atoms. The lowest BCUT2D eigenvalue weighted by Gasteiger charge is -2.19. The lowest BCUT2D eigenvalue weighted by atomic mass is 9.96. The highest BCUT2D eigenvalue weighted by atomic mass is 16.2. The van der Waals surface area contributed by atoms with Crippen LogP contribution >= 0.6 is 0 Å². The van der Waals surface area contributed by atoms with Crippen LogP contribution in [0.3, 0.4) is 0 Å². The van der Waals surface area contributed by atoms with Crippen molar-refractivity contribution in [3.63, 3.8) is 0 Å². The van der Waals surface area contributed by atoms with Gasteiger partial charge in [-0.25, -0.2) is 4.98 Å². The number of carbonyl (C=O) groups is 2. The zero-order chi connectivity index (χ0) is 21.7. The van der Waals surface area contributed by atoms with Gasteiger partial charge in [-0.2, -0.15) is 0 Å². The molecule has 0 aliphatic heterocycles. The van der Waals surface area contributed by atoms with Crippen molar-refractivity contribution in [1.29, 1.82) is 0 Å². The molecule has 1 N–H and O–H groups in total. The van der Waals surface area contributed by atoms with Crippen molar-refractivity contribution in [3.05, 3.63) is 66.0 Å². The van der Waals surface area contributed by atoms with E-state index in [0.29, 0.717) is 19.5 Å². The molecular weight excluding hydrogens is 376 g/mol. The fourth-order valence-electron chi connectivity index (χ4n) is 3.25. The molecule has 0 aliphatic carbocycles. The first kappa shape index (κ1) is 21.6. The average molecular weight is 407 g/mol. The quantitative estimate of drug-likeness (QED) is 0.654. The number of para-hydroxylation sites is 2. The Balaban J connectivity index is 1.74. The van der Waals surface area contributed by atoms with Crippen molar-refractivity contribution >= 4 is 22.8 Å². The molecule has 1 heterocycles. The van der Waals surface area contributed by atoms with E-state index < -0.39 is 5.41 Å². The van der Waals surface area contributed by atoms with E-state index in [1.165, 1.54) is 0 Å². The van der Waals surface area contributed by atoms with Gasteiger partial charge in [-0.05, 0) is 17.7 Å². The van der Waals surface area contributed by atoms with Crippen LogP contribution in [0.2, 0.25) is 0 Å². The summed E-state index contributed by atoms with van der Waals surface area (Å²) in [6.07, 6.45) is 0.562. The first-order chi connectivity index (χ1) is 14.3. The predicted molar refractivity (Wildman–Crippen MR) is 119 cm³/mol. The third kappa shape index (κ3) is 5.26. The summed E-state index contributed by atoms with van der Waals surface area (Å²) >= 11 is 0. The largest absolute Gasteiger partial charge is 0.355 e. The van der Waals surface area contributed by atoms with Crippen molar-refractivity contribution in [3.8, 4) is 0 Å². The highest BCUT2D eigenvalue weighted by molar-refractivity contribution is 5.82. The van der Waals surface area contributed by atoms with Crippen LogP contribution in [0.15, 0.2) is 54.6 Å². The predicted octanol–water partition coefficient (Wildman–Crippen LogP) is 3.40. The van der Waals surface area contributed by atoms with Gasteiger partial charge < -0.3 is 14.8 Å². The van der Waals surface area contributed by atoms with Crippen molar-refractivity contribution in [2.24, 2.45) is 5.41 Å². The molecular formula is C24H30N4O2. The summed E-state index contributed by atoms with van der Waals surface area (Å²) in [5.41, 5.74) is 2.44. The third-order valence-electron chi connectivity index (χ3n) is 5.03. The van der Waals surface area contributed by atoms with Gasteiger partial charge in [0.1, 0.15) is 12.4 Å². The van der Waals surface area contributed by atoms with Gasteiger partial charge in [-0.3, -0.25) is 9.59 Å². The SMILES string of the molecule is CN(Cc1ccccc1)C(=O)Cn1c(CCNC(=O)C(C)(C)C)nc2ccccc21. The van der Waals surface area contributed by atoms with Crippen LogP contribution in [-0.4, -0.2) is 39.9 Å². The topological polar surface area (TPSA) is 67.2 Å². The minimum atomic E-state index is -0.434. The van der Waals surface area contributed by atoms with Gasteiger partial charge in [-0.15, -0.1) is 0 Å². The van der Waals surface area contributed by atoms with E-state index in [2.05, 4.69) is 5.32 Å². The van der Waals surface area contributed by atoms with E-state index in [-0.39, 0.29) is 18.4 Å². The highest BCUT2D eigenvalue weighted by Crippen LogP contribution is 2.17. The molecule has 0 unspecified atom stereocenters. The molecule has 0 saturated heterocycles. The first-order valence-corrected chi connectivity index (χ1v) is 10.3. The summed E-state index contributed by atoms with van der Waals surface area (Å²) in [7, 11) is 1.82. The zero-order valence-corrected chi connectivity index (χ0v) is 18.2. The minimum Gasteiger partial charge on any atom is -0.355 e. The molecule has 0 aliphatic rings. The first-order valence-electron chi connectivity index (χ1n) is 10.3. The van der Waals surface area contributed by atoms with Crippen molar-refractivity contribution < 1.29 is 9.59 Å². The Bertz CT molecular complexity index is 1020. The molecule has 6 nitrogen and oxygen atoms in total. The Kier molecular flexibility index (Phi) is 6.55. The summed E-state index contributed by atoms with van der Waals surface area (Å²) in [5.74, 6) is 0.817. The van der Waals surface area contributed by atoms with Crippen LogP contribution in [0, 0.1) is 5.41 Å². The summed E-state index contributed by atoms with van der Waals surface area (Å²) < 4.78 is 1.96. The molecule has 3 rings (SSSR count). The Morgan fingerprint density at radius 1 is 1.03 bits per heavy atom. The smallest absolute Gasteiger partial charge is 0.242 e. The number of carbonyl (C=O) groups excluding carboxylic acids is 2. The van der Waals surface area contributed by atoms with Gasteiger partial charge in [-0.1, -0.05) is 63.2 Å². The maximum Gasteiger partial charge on any atom is 0.242 e. The van der Waals surface area contributed by atoms with Crippen LogP contribution in [0.25, 0.3) is 11.0 Å². The molecule has 0 spiro atoms. The number of imidazole rings is 1. The van der Waals surface area contributed by atoms with E-state index in [1.807, 2.05) is 87.0 Å². The molecule has 158 valence electrons. The maximum absolute atomic E-state index is 12.9. The minimum absolute atomic E-state index is 0.00355. The molecule has 1 aromatic heterocycles. The average Bonchev–Trinajstić information content (AvgIpc) is 3.05. The number of aromatic nitrogens is 2. The Morgan fingerprint density at radius 2 is 1.70 bits per heavy atom. The van der Waals surface area contributed by atoms with Gasteiger partial charge in [0.2, 0.25) is 11.8 Å². The van der Waals surface area contributed by atoms with E-state index >= 15 is 0 Å². The van der Waals surface area contributed by atoms with E-state index in [4.69, 9.17) is 4.98 Å². The van der Waals surface area contributed by atoms with Gasteiger partial charge in [0.05, 0.1) is 11.0 Å². The molecule has 2 aromatic carbocycles. The lowest BCUT2D eigenvalue weighted by Crippen LogP contribution is -2.36. The summed E-state index contributed by atoms with van der Waals surface area (Å²) in [5, 5.41) is 2.96. The highest BCUT2D eigenvalue weighted by Gasteiger charge is 2.21. The van der Waals surface area contributed by atoms with Crippen LogP contribution in [-0.2, 0) is 29.1 Å². The van der Waals surface area contributed by atoms with Crippen LogP contribution in [0.4, 0.5) is 0 Å². The zero-order valence-electron chi connectivity index (χ0n) is 18.2.